The molecule has 0 aliphatic carbocycles. The molecule has 0 rings (SSSR count). The van der Waals surface area contributed by atoms with Crippen LogP contribution in [0, 0.1) is 11.3 Å². The lowest BCUT2D eigenvalue weighted by molar-refractivity contribution is 0.396. The molecule has 0 spiro atoms. The average molecular weight is 223 g/mol. The van der Waals surface area contributed by atoms with E-state index in [0.717, 1.165) is 6.42 Å². The molecule has 2 unspecified atom stereocenters. The van der Waals surface area contributed by atoms with E-state index in [1.54, 1.807) is 0 Å². The molecule has 0 fully saturated rings. The first kappa shape index (κ1) is 15.4. The highest BCUT2D eigenvalue weighted by Crippen LogP contribution is 2.31. The summed E-state index contributed by atoms with van der Waals surface area (Å²) in [4.78, 5) is 0. The summed E-state index contributed by atoms with van der Waals surface area (Å²) in [6.07, 6.45) is 5.57. The van der Waals surface area contributed by atoms with Crippen LogP contribution in [0.25, 0.3) is 0 Å². The van der Waals surface area contributed by atoms with E-state index in [2.05, 4.69) is 53.7 Å². The molecule has 16 heavy (non-hydrogen) atoms. The summed E-state index contributed by atoms with van der Waals surface area (Å²) >= 11 is 0. The monoisotopic (exact) mass is 223 g/mol. The summed E-state index contributed by atoms with van der Waals surface area (Å²) in [6.45, 7) is 15.5. The second-order valence-corrected chi connectivity index (χ2v) is 6.09. The van der Waals surface area contributed by atoms with Crippen LogP contribution >= 0.6 is 0 Å². The van der Waals surface area contributed by atoms with Crippen molar-refractivity contribution in [1.29, 1.82) is 0 Å². The van der Waals surface area contributed by atoms with E-state index in [1.165, 1.54) is 11.1 Å². The van der Waals surface area contributed by atoms with Crippen LogP contribution in [-0.2, 0) is 0 Å². The molecular weight excluding hydrogens is 194 g/mol. The van der Waals surface area contributed by atoms with E-state index in [-0.39, 0.29) is 6.04 Å². The fourth-order valence-electron chi connectivity index (χ4n) is 1.97. The zero-order valence-corrected chi connectivity index (χ0v) is 12.1. The normalized spacial score (nSPS) is 18.5. The number of allylic oxidation sites excluding steroid dienone is 3. The molecule has 2 atom stereocenters. The molecule has 1 heteroatoms. The Hall–Kier alpha value is -0.560. The van der Waals surface area contributed by atoms with Crippen molar-refractivity contribution in [3.8, 4) is 0 Å². The van der Waals surface area contributed by atoms with Crippen LogP contribution in [0.15, 0.2) is 23.3 Å². The Labute approximate surface area is 102 Å². The average Bonchev–Trinajstić information content (AvgIpc) is 2.10. The van der Waals surface area contributed by atoms with E-state index in [0.29, 0.717) is 11.3 Å². The van der Waals surface area contributed by atoms with Gasteiger partial charge in [0, 0.05) is 6.04 Å². The van der Waals surface area contributed by atoms with Crippen molar-refractivity contribution in [1.82, 2.24) is 0 Å². The van der Waals surface area contributed by atoms with Crippen LogP contribution in [0.2, 0.25) is 0 Å². The zero-order chi connectivity index (χ0) is 12.9. The second kappa shape index (κ2) is 6.24. The Morgan fingerprint density at radius 1 is 1.25 bits per heavy atom. The largest absolute Gasteiger partial charge is 0.325 e. The first-order chi connectivity index (χ1) is 7.17. The van der Waals surface area contributed by atoms with Crippen molar-refractivity contribution in [2.75, 3.05) is 0 Å². The molecule has 0 saturated heterocycles. The van der Waals surface area contributed by atoms with Gasteiger partial charge >= 0.3 is 0 Å². The topological polar surface area (TPSA) is 26.0 Å². The van der Waals surface area contributed by atoms with Crippen LogP contribution in [0.5, 0.6) is 0 Å². The van der Waals surface area contributed by atoms with Gasteiger partial charge in [0.1, 0.15) is 0 Å². The van der Waals surface area contributed by atoms with Crippen LogP contribution in [0.3, 0.4) is 0 Å². The highest BCUT2D eigenvalue weighted by Gasteiger charge is 2.17. The third-order valence-electron chi connectivity index (χ3n) is 2.87. The van der Waals surface area contributed by atoms with Gasteiger partial charge in [-0.1, -0.05) is 51.0 Å². The summed E-state index contributed by atoms with van der Waals surface area (Å²) in [7, 11) is 0. The minimum Gasteiger partial charge on any atom is -0.325 e. The second-order valence-electron chi connectivity index (χ2n) is 6.09. The molecule has 0 aliphatic heterocycles. The van der Waals surface area contributed by atoms with Gasteiger partial charge in [0.2, 0.25) is 0 Å². The predicted octanol–water partition coefficient (Wildman–Crippen LogP) is 4.30. The summed E-state index contributed by atoms with van der Waals surface area (Å²) in [6, 6.07) is 0.148. The minimum absolute atomic E-state index is 0.148. The van der Waals surface area contributed by atoms with E-state index in [9.17, 15) is 0 Å². The maximum atomic E-state index is 5.80. The molecule has 0 radical (unpaired) electrons. The van der Waals surface area contributed by atoms with Gasteiger partial charge in [-0.2, -0.15) is 0 Å². The molecule has 0 aromatic carbocycles. The van der Waals surface area contributed by atoms with Crippen molar-refractivity contribution in [3.05, 3.63) is 23.3 Å². The third kappa shape index (κ3) is 6.12. The maximum Gasteiger partial charge on any atom is 0.0197 e. The SMILES string of the molecule is CC=C(CC(C)(C)C)C(C)/C(C)=C/C(C)N. The Kier molecular flexibility index (Phi) is 6.02. The fourth-order valence-corrected chi connectivity index (χ4v) is 1.97. The van der Waals surface area contributed by atoms with Crippen molar-refractivity contribution >= 4 is 0 Å². The van der Waals surface area contributed by atoms with Gasteiger partial charge in [0.25, 0.3) is 0 Å². The first-order valence-corrected chi connectivity index (χ1v) is 6.26. The van der Waals surface area contributed by atoms with Gasteiger partial charge in [-0.25, -0.2) is 0 Å². The van der Waals surface area contributed by atoms with Crippen molar-refractivity contribution in [2.24, 2.45) is 17.1 Å². The Bertz CT molecular complexity index is 264. The lowest BCUT2D eigenvalue weighted by atomic mass is 9.81. The Morgan fingerprint density at radius 3 is 2.06 bits per heavy atom. The van der Waals surface area contributed by atoms with Gasteiger partial charge in [-0.3, -0.25) is 0 Å². The molecule has 94 valence electrons. The highest BCUT2D eigenvalue weighted by molar-refractivity contribution is 5.20. The Balaban J connectivity index is 4.75. The summed E-state index contributed by atoms with van der Waals surface area (Å²) < 4.78 is 0. The number of rotatable bonds is 4. The smallest absolute Gasteiger partial charge is 0.0197 e. The van der Waals surface area contributed by atoms with Gasteiger partial charge < -0.3 is 5.73 Å². The molecule has 0 aromatic heterocycles. The molecule has 0 saturated carbocycles. The third-order valence-corrected chi connectivity index (χ3v) is 2.87. The van der Waals surface area contributed by atoms with Crippen molar-refractivity contribution < 1.29 is 0 Å². The van der Waals surface area contributed by atoms with Crippen LogP contribution in [0.4, 0.5) is 0 Å². The van der Waals surface area contributed by atoms with Gasteiger partial charge in [-0.05, 0) is 38.5 Å². The minimum atomic E-state index is 0.148. The van der Waals surface area contributed by atoms with Gasteiger partial charge in [0.15, 0.2) is 0 Å². The zero-order valence-electron chi connectivity index (χ0n) is 12.1. The molecule has 0 heterocycles. The quantitative estimate of drug-likeness (QED) is 0.707. The molecular formula is C15H29N. The van der Waals surface area contributed by atoms with Gasteiger partial charge in [-0.15, -0.1) is 0 Å². The molecule has 0 aliphatic rings. The van der Waals surface area contributed by atoms with E-state index >= 15 is 0 Å². The van der Waals surface area contributed by atoms with E-state index in [4.69, 9.17) is 5.73 Å². The summed E-state index contributed by atoms with van der Waals surface area (Å²) in [5.41, 5.74) is 9.05. The summed E-state index contributed by atoms with van der Waals surface area (Å²) in [5.74, 6) is 0.509. The Morgan fingerprint density at radius 2 is 1.75 bits per heavy atom. The maximum absolute atomic E-state index is 5.80. The standard InChI is InChI=1S/C15H29N/c1-8-14(10-15(5,6)7)13(4)11(2)9-12(3)16/h8-9,12-13H,10,16H2,1-7H3/b11-9+,14-8?. The van der Waals surface area contributed by atoms with Crippen molar-refractivity contribution in [2.45, 2.75) is 60.9 Å². The predicted molar refractivity (Wildman–Crippen MR) is 74.4 cm³/mol. The lowest BCUT2D eigenvalue weighted by Gasteiger charge is -2.25. The number of nitrogens with two attached hydrogens (primary N) is 1. The molecule has 0 aromatic rings. The molecule has 0 bridgehead atoms. The first-order valence-electron chi connectivity index (χ1n) is 6.26. The van der Waals surface area contributed by atoms with Crippen LogP contribution in [-0.4, -0.2) is 6.04 Å². The van der Waals surface area contributed by atoms with Crippen molar-refractivity contribution in [3.63, 3.8) is 0 Å². The summed E-state index contributed by atoms with van der Waals surface area (Å²) in [5, 5.41) is 0. The highest BCUT2D eigenvalue weighted by atomic mass is 14.6. The van der Waals surface area contributed by atoms with Gasteiger partial charge in [0.05, 0.1) is 0 Å². The number of hydrogen-bond donors (Lipinski definition) is 1. The number of hydrogen-bond acceptors (Lipinski definition) is 1. The van der Waals surface area contributed by atoms with E-state index in [1.807, 2.05) is 6.92 Å². The molecule has 1 nitrogen and oxygen atoms in total. The lowest BCUT2D eigenvalue weighted by Crippen LogP contribution is -2.15. The van der Waals surface area contributed by atoms with Crippen LogP contribution < -0.4 is 5.73 Å². The molecule has 2 N–H and O–H groups in total. The fraction of sp³-hybridized carbons (Fsp3) is 0.733. The van der Waals surface area contributed by atoms with E-state index < -0.39 is 0 Å². The molecule has 0 amide bonds. The van der Waals surface area contributed by atoms with Crippen LogP contribution in [0.1, 0.15) is 54.9 Å².